The molecule has 1 aromatic carbocycles. The fraction of sp³-hybridized carbons (Fsp3) is 0.767. The summed E-state index contributed by atoms with van der Waals surface area (Å²) in [6.07, 6.45) is 19.4. The van der Waals surface area contributed by atoms with Crippen LogP contribution in [0.1, 0.15) is 135 Å². The zero-order valence-corrected chi connectivity index (χ0v) is 24.6. The molecule has 3 atom stereocenters. The van der Waals surface area contributed by atoms with Crippen LogP contribution in [0.3, 0.4) is 0 Å². The highest BCUT2D eigenvalue weighted by Crippen LogP contribution is 2.56. The van der Waals surface area contributed by atoms with Crippen LogP contribution in [0.4, 0.5) is 0 Å². The minimum Gasteiger partial charge on any atom is -0.479 e. The van der Waals surface area contributed by atoms with Crippen LogP contribution >= 0.6 is 7.60 Å². The SMILES string of the molecule is CCCCCCCCCCCCCCCCCCNC(c1ccccc1)P(=O)(O)OC(C(=O)O)C(C)C. The van der Waals surface area contributed by atoms with Gasteiger partial charge in [-0.05, 0) is 24.4 Å². The highest BCUT2D eigenvalue weighted by molar-refractivity contribution is 7.53. The second-order valence-electron chi connectivity index (χ2n) is 10.7. The lowest BCUT2D eigenvalue weighted by Crippen LogP contribution is -2.31. The van der Waals surface area contributed by atoms with E-state index < -0.39 is 31.4 Å². The summed E-state index contributed by atoms with van der Waals surface area (Å²) >= 11 is 0. The van der Waals surface area contributed by atoms with Crippen LogP contribution in [0.15, 0.2) is 30.3 Å². The molecule has 214 valence electrons. The van der Waals surface area contributed by atoms with Gasteiger partial charge in [0.15, 0.2) is 6.10 Å². The fourth-order valence-corrected chi connectivity index (χ4v) is 6.33. The predicted molar refractivity (Wildman–Crippen MR) is 154 cm³/mol. The lowest BCUT2D eigenvalue weighted by Gasteiger charge is -2.28. The van der Waals surface area contributed by atoms with Crippen molar-refractivity contribution in [3.63, 3.8) is 0 Å². The summed E-state index contributed by atoms with van der Waals surface area (Å²) in [4.78, 5) is 22.3. The van der Waals surface area contributed by atoms with Gasteiger partial charge in [-0.2, -0.15) is 0 Å². The Labute approximate surface area is 226 Å². The smallest absolute Gasteiger partial charge is 0.350 e. The third-order valence-corrected chi connectivity index (χ3v) is 8.59. The normalized spacial score (nSPS) is 14.9. The van der Waals surface area contributed by atoms with Gasteiger partial charge in [-0.15, -0.1) is 0 Å². The van der Waals surface area contributed by atoms with Crippen LogP contribution in [0.25, 0.3) is 0 Å². The molecule has 0 radical (unpaired) electrons. The molecular formula is C30H54NO5P. The van der Waals surface area contributed by atoms with E-state index in [-0.39, 0.29) is 0 Å². The number of aliphatic carboxylic acids is 1. The molecule has 0 aliphatic rings. The number of benzene rings is 1. The van der Waals surface area contributed by atoms with Crippen molar-refractivity contribution in [2.24, 2.45) is 5.92 Å². The Hall–Kier alpha value is -1.20. The van der Waals surface area contributed by atoms with E-state index in [1.54, 1.807) is 38.1 Å². The molecule has 3 N–H and O–H groups in total. The van der Waals surface area contributed by atoms with Gasteiger partial charge in [0.05, 0.1) is 0 Å². The number of unbranched alkanes of at least 4 members (excludes halogenated alkanes) is 15. The van der Waals surface area contributed by atoms with E-state index in [4.69, 9.17) is 4.52 Å². The highest BCUT2D eigenvalue weighted by Gasteiger charge is 2.39. The maximum absolute atomic E-state index is 13.1. The monoisotopic (exact) mass is 539 g/mol. The number of rotatable bonds is 24. The number of carboxylic acids is 1. The first-order valence-corrected chi connectivity index (χ1v) is 16.5. The van der Waals surface area contributed by atoms with Crippen molar-refractivity contribution >= 4 is 13.6 Å². The number of nitrogens with one attached hydrogen (secondary N) is 1. The molecule has 0 amide bonds. The van der Waals surface area contributed by atoms with Crippen LogP contribution in [0, 0.1) is 5.92 Å². The maximum atomic E-state index is 13.1. The van der Waals surface area contributed by atoms with Crippen LogP contribution < -0.4 is 5.32 Å². The molecule has 7 heteroatoms. The molecule has 0 saturated carbocycles. The van der Waals surface area contributed by atoms with Crippen molar-refractivity contribution in [3.8, 4) is 0 Å². The summed E-state index contributed by atoms with van der Waals surface area (Å²) in [6, 6.07) is 8.98. The van der Waals surface area contributed by atoms with E-state index >= 15 is 0 Å². The Kier molecular flexibility index (Phi) is 18.9. The molecule has 0 aromatic heterocycles. The summed E-state index contributed by atoms with van der Waals surface area (Å²) in [5, 5.41) is 12.6. The lowest BCUT2D eigenvalue weighted by atomic mass is 10.0. The van der Waals surface area contributed by atoms with Gasteiger partial charge in [-0.1, -0.05) is 147 Å². The average molecular weight is 540 g/mol. The molecule has 6 nitrogen and oxygen atoms in total. The standard InChI is InChI=1S/C30H54NO5P/c1-4-5-6-7-8-9-10-11-12-13-14-15-16-17-18-22-25-31-29(27-23-20-19-21-24-27)37(34,35)36-28(26(2)3)30(32)33/h19-21,23-24,26,28-29,31H,4-18,22,25H2,1-3H3,(H,32,33)(H,34,35). The van der Waals surface area contributed by atoms with Gasteiger partial charge >= 0.3 is 13.6 Å². The Bertz CT molecular complexity index is 743. The Morgan fingerprint density at radius 1 is 0.811 bits per heavy atom. The summed E-state index contributed by atoms with van der Waals surface area (Å²) < 4.78 is 18.5. The quantitative estimate of drug-likeness (QED) is 0.0897. The molecular weight excluding hydrogens is 485 g/mol. The predicted octanol–water partition coefficient (Wildman–Crippen LogP) is 8.85. The molecule has 37 heavy (non-hydrogen) atoms. The Morgan fingerprint density at radius 3 is 1.65 bits per heavy atom. The number of carbonyl (C=O) groups is 1. The number of carboxylic acid groups (broad SMARTS) is 1. The van der Waals surface area contributed by atoms with Crippen LogP contribution in [-0.2, 0) is 13.9 Å². The minimum absolute atomic E-state index is 0.422. The molecule has 0 aliphatic heterocycles. The van der Waals surface area contributed by atoms with Crippen LogP contribution in [0.5, 0.6) is 0 Å². The second-order valence-corrected chi connectivity index (χ2v) is 12.6. The molecule has 0 saturated heterocycles. The molecule has 0 heterocycles. The van der Waals surface area contributed by atoms with Gasteiger partial charge in [0, 0.05) is 0 Å². The first kappa shape index (κ1) is 33.8. The first-order chi connectivity index (χ1) is 17.8. The first-order valence-electron chi connectivity index (χ1n) is 14.8. The summed E-state index contributed by atoms with van der Waals surface area (Å²) in [5.41, 5.74) is 0.623. The van der Waals surface area contributed by atoms with E-state index in [1.807, 2.05) is 6.07 Å². The summed E-state index contributed by atoms with van der Waals surface area (Å²) in [6.45, 7) is 6.17. The molecule has 0 bridgehead atoms. The van der Waals surface area contributed by atoms with Crippen molar-refractivity contribution < 1.29 is 23.9 Å². The molecule has 0 spiro atoms. The van der Waals surface area contributed by atoms with Crippen molar-refractivity contribution in [2.45, 2.75) is 135 Å². The average Bonchev–Trinajstić information content (AvgIpc) is 2.86. The van der Waals surface area contributed by atoms with E-state index in [0.29, 0.717) is 12.1 Å². The van der Waals surface area contributed by atoms with E-state index in [0.717, 1.165) is 19.3 Å². The maximum Gasteiger partial charge on any atom is 0.350 e. The van der Waals surface area contributed by atoms with Gasteiger partial charge in [-0.3, -0.25) is 14.4 Å². The third kappa shape index (κ3) is 15.7. The summed E-state index contributed by atoms with van der Waals surface area (Å²) in [5.74, 6) is -2.60. The van der Waals surface area contributed by atoms with Crippen molar-refractivity contribution in [3.05, 3.63) is 35.9 Å². The number of hydrogen-bond donors (Lipinski definition) is 3. The molecule has 1 rings (SSSR count). The van der Waals surface area contributed by atoms with Crippen LogP contribution in [0.2, 0.25) is 0 Å². The van der Waals surface area contributed by atoms with Crippen molar-refractivity contribution in [1.82, 2.24) is 5.32 Å². The zero-order chi connectivity index (χ0) is 27.4. The molecule has 0 fully saturated rings. The molecule has 3 unspecified atom stereocenters. The second kappa shape index (κ2) is 20.7. The zero-order valence-electron chi connectivity index (χ0n) is 23.7. The van der Waals surface area contributed by atoms with Crippen molar-refractivity contribution in [2.75, 3.05) is 6.54 Å². The van der Waals surface area contributed by atoms with Gasteiger partial charge in [-0.25, -0.2) is 4.79 Å². The van der Waals surface area contributed by atoms with E-state index in [1.165, 1.54) is 83.5 Å². The topological polar surface area (TPSA) is 95.9 Å². The molecule has 1 aromatic rings. The Balaban J connectivity index is 2.24. The third-order valence-electron chi connectivity index (χ3n) is 6.92. The van der Waals surface area contributed by atoms with Gasteiger partial charge in [0.2, 0.25) is 0 Å². The van der Waals surface area contributed by atoms with Gasteiger partial charge < -0.3 is 10.00 Å². The van der Waals surface area contributed by atoms with E-state index in [2.05, 4.69) is 12.2 Å². The fourth-order valence-electron chi connectivity index (χ4n) is 4.64. The van der Waals surface area contributed by atoms with E-state index in [9.17, 15) is 19.4 Å². The lowest BCUT2D eigenvalue weighted by molar-refractivity contribution is -0.147. The van der Waals surface area contributed by atoms with Gasteiger partial charge in [0.25, 0.3) is 0 Å². The Morgan fingerprint density at radius 2 is 1.24 bits per heavy atom. The highest BCUT2D eigenvalue weighted by atomic mass is 31.2. The van der Waals surface area contributed by atoms with Crippen LogP contribution in [-0.4, -0.2) is 28.6 Å². The molecule has 0 aliphatic carbocycles. The number of hydrogen-bond acceptors (Lipinski definition) is 4. The van der Waals surface area contributed by atoms with Crippen molar-refractivity contribution in [1.29, 1.82) is 0 Å². The van der Waals surface area contributed by atoms with Gasteiger partial charge in [0.1, 0.15) is 5.78 Å². The minimum atomic E-state index is -4.27. The largest absolute Gasteiger partial charge is 0.479 e. The summed E-state index contributed by atoms with van der Waals surface area (Å²) in [7, 11) is -4.27.